The van der Waals surface area contributed by atoms with Gasteiger partial charge in [-0.25, -0.2) is 13.2 Å². The number of anilines is 1. The molecule has 0 unspecified atom stereocenters. The monoisotopic (exact) mass is 215 g/mol. The number of allylic oxidation sites excluding steroid dienone is 1. The largest absolute Gasteiger partial charge is 0.320 e. The molecule has 0 bridgehead atoms. The van der Waals surface area contributed by atoms with Crippen molar-refractivity contribution in [3.8, 4) is 0 Å². The van der Waals surface area contributed by atoms with Crippen LogP contribution in [0, 0.1) is 17.5 Å². The molecule has 0 fully saturated rings. The van der Waals surface area contributed by atoms with E-state index in [1.807, 2.05) is 5.32 Å². The van der Waals surface area contributed by atoms with Crippen molar-refractivity contribution in [3.05, 3.63) is 41.7 Å². The molecule has 80 valence electrons. The maximum Gasteiger partial charge on any atom is 0.248 e. The van der Waals surface area contributed by atoms with Crippen molar-refractivity contribution < 1.29 is 18.0 Å². The van der Waals surface area contributed by atoms with Crippen molar-refractivity contribution >= 4 is 11.6 Å². The van der Waals surface area contributed by atoms with Crippen molar-refractivity contribution in [2.75, 3.05) is 5.32 Å². The van der Waals surface area contributed by atoms with E-state index in [9.17, 15) is 18.0 Å². The van der Waals surface area contributed by atoms with Gasteiger partial charge in [-0.3, -0.25) is 4.79 Å². The van der Waals surface area contributed by atoms with E-state index in [-0.39, 0.29) is 0 Å². The first-order valence-corrected chi connectivity index (χ1v) is 4.13. The van der Waals surface area contributed by atoms with Gasteiger partial charge in [0.05, 0.1) is 5.69 Å². The van der Waals surface area contributed by atoms with Crippen LogP contribution in [0.5, 0.6) is 0 Å². The Morgan fingerprint density at radius 3 is 2.60 bits per heavy atom. The van der Waals surface area contributed by atoms with Gasteiger partial charge in [-0.2, -0.15) is 0 Å². The van der Waals surface area contributed by atoms with Gasteiger partial charge >= 0.3 is 0 Å². The zero-order valence-electron chi connectivity index (χ0n) is 7.85. The van der Waals surface area contributed by atoms with Crippen LogP contribution < -0.4 is 5.32 Å². The van der Waals surface area contributed by atoms with Gasteiger partial charge in [0.15, 0.2) is 11.6 Å². The lowest BCUT2D eigenvalue weighted by atomic mass is 10.2. The molecule has 1 aromatic rings. The number of hydrogen-bond donors (Lipinski definition) is 1. The normalized spacial score (nSPS) is 10.7. The van der Waals surface area contributed by atoms with Crippen LogP contribution in [0.15, 0.2) is 24.3 Å². The summed E-state index contributed by atoms with van der Waals surface area (Å²) >= 11 is 0. The van der Waals surface area contributed by atoms with Crippen molar-refractivity contribution in [1.82, 2.24) is 0 Å². The number of hydrogen-bond acceptors (Lipinski definition) is 1. The van der Waals surface area contributed by atoms with Gasteiger partial charge in [0, 0.05) is 12.1 Å². The zero-order valence-corrected chi connectivity index (χ0v) is 7.85. The lowest BCUT2D eigenvalue weighted by molar-refractivity contribution is -0.111. The summed E-state index contributed by atoms with van der Waals surface area (Å²) in [6, 6.07) is 1.11. The van der Waals surface area contributed by atoms with E-state index in [1.165, 1.54) is 6.08 Å². The molecule has 0 saturated carbocycles. The Labute approximate surface area is 84.4 Å². The van der Waals surface area contributed by atoms with Crippen LogP contribution in [0.4, 0.5) is 18.9 Å². The Balaban J connectivity index is 2.99. The molecule has 0 atom stereocenters. The van der Waals surface area contributed by atoms with Crippen LogP contribution in [0.3, 0.4) is 0 Å². The summed E-state index contributed by atoms with van der Waals surface area (Å²) in [5.41, 5.74) is -0.518. The fourth-order valence-electron chi connectivity index (χ4n) is 0.973. The molecule has 0 spiro atoms. The third kappa shape index (κ3) is 2.83. The highest BCUT2D eigenvalue weighted by molar-refractivity contribution is 5.99. The van der Waals surface area contributed by atoms with Crippen LogP contribution in [0.1, 0.15) is 6.92 Å². The van der Waals surface area contributed by atoms with Gasteiger partial charge in [0.25, 0.3) is 0 Å². The highest BCUT2D eigenvalue weighted by Crippen LogP contribution is 2.18. The average molecular weight is 215 g/mol. The van der Waals surface area contributed by atoms with E-state index in [2.05, 4.69) is 0 Å². The maximum atomic E-state index is 13.0. The van der Waals surface area contributed by atoms with E-state index in [4.69, 9.17) is 0 Å². The van der Waals surface area contributed by atoms with Gasteiger partial charge in [-0.1, -0.05) is 6.08 Å². The fourth-order valence-corrected chi connectivity index (χ4v) is 0.973. The Kier molecular flexibility index (Phi) is 3.49. The summed E-state index contributed by atoms with van der Waals surface area (Å²) in [5.74, 6) is -4.23. The number of nitrogens with one attached hydrogen (secondary N) is 1. The molecule has 0 aliphatic heterocycles. The fraction of sp³-hybridized carbons (Fsp3) is 0.100. The second kappa shape index (κ2) is 4.63. The minimum atomic E-state index is -1.34. The smallest absolute Gasteiger partial charge is 0.248 e. The van der Waals surface area contributed by atoms with Gasteiger partial charge in [0.2, 0.25) is 5.91 Å². The molecule has 0 aliphatic carbocycles. The van der Waals surface area contributed by atoms with Crippen molar-refractivity contribution in [2.45, 2.75) is 6.92 Å². The minimum Gasteiger partial charge on any atom is -0.320 e. The van der Waals surface area contributed by atoms with E-state index in [1.54, 1.807) is 6.92 Å². The van der Waals surface area contributed by atoms with Crippen LogP contribution >= 0.6 is 0 Å². The first-order chi connectivity index (χ1) is 7.04. The number of carbonyl (C=O) groups is 1. The number of rotatable bonds is 2. The molecule has 1 amide bonds. The number of carbonyl (C=O) groups excluding carboxylic acids is 1. The van der Waals surface area contributed by atoms with Crippen LogP contribution in [0.2, 0.25) is 0 Å². The molecule has 0 heterocycles. The molecule has 1 aromatic carbocycles. The SMILES string of the molecule is CC=CC(=O)Nc1cc(F)cc(F)c1F. The Morgan fingerprint density at radius 1 is 1.33 bits per heavy atom. The predicted octanol–water partition coefficient (Wildman–Crippen LogP) is 2.62. The summed E-state index contributed by atoms with van der Waals surface area (Å²) in [4.78, 5) is 11.0. The molecule has 5 heteroatoms. The Hall–Kier alpha value is -1.78. The van der Waals surface area contributed by atoms with Gasteiger partial charge < -0.3 is 5.32 Å². The van der Waals surface area contributed by atoms with Crippen LogP contribution in [-0.4, -0.2) is 5.91 Å². The number of benzene rings is 1. The minimum absolute atomic E-state index is 0.403. The number of halogens is 3. The van der Waals surface area contributed by atoms with Gasteiger partial charge in [-0.05, 0) is 13.0 Å². The molecule has 0 saturated heterocycles. The van der Waals surface area contributed by atoms with Crippen molar-refractivity contribution in [2.24, 2.45) is 0 Å². The standard InChI is InChI=1S/C10H8F3NO/c1-2-3-9(15)14-8-5-6(11)4-7(12)10(8)13/h2-5H,1H3,(H,14,15). The van der Waals surface area contributed by atoms with E-state index in [0.717, 1.165) is 6.08 Å². The van der Waals surface area contributed by atoms with Gasteiger partial charge in [0.1, 0.15) is 5.82 Å². The summed E-state index contributed by atoms with van der Waals surface area (Å²) in [6.45, 7) is 1.59. The molecule has 1 rings (SSSR count). The second-order valence-electron chi connectivity index (χ2n) is 2.74. The number of amides is 1. The lowest BCUT2D eigenvalue weighted by Gasteiger charge is -2.04. The van der Waals surface area contributed by atoms with Crippen LogP contribution in [-0.2, 0) is 4.79 Å². The van der Waals surface area contributed by atoms with Crippen LogP contribution in [0.25, 0.3) is 0 Å². The first kappa shape index (κ1) is 11.3. The van der Waals surface area contributed by atoms with E-state index in [0.29, 0.717) is 12.1 Å². The molecular weight excluding hydrogens is 207 g/mol. The average Bonchev–Trinajstić information content (AvgIpc) is 2.13. The molecule has 15 heavy (non-hydrogen) atoms. The molecule has 0 aliphatic rings. The Morgan fingerprint density at radius 2 is 2.00 bits per heavy atom. The van der Waals surface area contributed by atoms with Crippen molar-refractivity contribution in [3.63, 3.8) is 0 Å². The third-order valence-electron chi connectivity index (χ3n) is 1.57. The molecule has 0 radical (unpaired) electrons. The maximum absolute atomic E-state index is 13.0. The third-order valence-corrected chi connectivity index (χ3v) is 1.57. The van der Waals surface area contributed by atoms with Gasteiger partial charge in [-0.15, -0.1) is 0 Å². The summed E-state index contributed by atoms with van der Waals surface area (Å²) in [7, 11) is 0. The summed E-state index contributed by atoms with van der Waals surface area (Å²) in [5, 5.41) is 2.01. The highest BCUT2D eigenvalue weighted by Gasteiger charge is 2.11. The zero-order chi connectivity index (χ0) is 11.4. The summed E-state index contributed by atoms with van der Waals surface area (Å²) < 4.78 is 38.4. The quantitative estimate of drug-likeness (QED) is 0.596. The Bertz CT molecular complexity index is 415. The topological polar surface area (TPSA) is 29.1 Å². The summed E-state index contributed by atoms with van der Waals surface area (Å²) in [6.07, 6.45) is 2.53. The highest BCUT2D eigenvalue weighted by atomic mass is 19.2. The van der Waals surface area contributed by atoms with Crippen molar-refractivity contribution in [1.29, 1.82) is 0 Å². The van der Waals surface area contributed by atoms with E-state index < -0.39 is 29.0 Å². The van der Waals surface area contributed by atoms with E-state index >= 15 is 0 Å². The molecule has 1 N–H and O–H groups in total. The molecule has 2 nitrogen and oxygen atoms in total. The first-order valence-electron chi connectivity index (χ1n) is 4.13. The predicted molar refractivity (Wildman–Crippen MR) is 49.8 cm³/mol. The molecule has 0 aromatic heterocycles. The molecular formula is C10H8F3NO. The second-order valence-corrected chi connectivity index (χ2v) is 2.74. The lowest BCUT2D eigenvalue weighted by Crippen LogP contribution is -2.10.